The van der Waals surface area contributed by atoms with E-state index < -0.39 is 29.2 Å². The summed E-state index contributed by atoms with van der Waals surface area (Å²) in [7, 11) is 0. The van der Waals surface area contributed by atoms with Gasteiger partial charge in [0.05, 0.1) is 17.8 Å². The van der Waals surface area contributed by atoms with Crippen LogP contribution in [0.1, 0.15) is 22.5 Å². The summed E-state index contributed by atoms with van der Waals surface area (Å²) in [5.74, 6) is 3.73. The molecule has 3 rings (SSSR count). The first-order valence-electron chi connectivity index (χ1n) is 7.73. The third-order valence-corrected chi connectivity index (χ3v) is 4.05. The SMILES string of the molecule is NC1=C(N(N)c2cc[nH]n2)CCN(C(=O)c2ccnc(C(F)(F)F)c2F)C1. The number of aromatic amines is 1. The molecule has 0 unspecified atom stereocenters. The Hall–Kier alpha value is -3.15. The number of carbonyl (C=O) groups is 1. The van der Waals surface area contributed by atoms with Gasteiger partial charge in [0.25, 0.3) is 5.91 Å². The number of nitrogens with one attached hydrogen (secondary N) is 1. The van der Waals surface area contributed by atoms with E-state index in [1.807, 2.05) is 0 Å². The molecule has 1 aliphatic rings. The highest BCUT2D eigenvalue weighted by Crippen LogP contribution is 2.31. The largest absolute Gasteiger partial charge is 0.436 e. The van der Waals surface area contributed by atoms with Crippen LogP contribution in [0.25, 0.3) is 0 Å². The fraction of sp³-hybridized carbons (Fsp3) is 0.267. The molecule has 0 bridgehead atoms. The molecule has 2 aromatic rings. The van der Waals surface area contributed by atoms with E-state index in [2.05, 4.69) is 15.2 Å². The number of hydrogen-bond acceptors (Lipinski definition) is 6. The lowest BCUT2D eigenvalue weighted by molar-refractivity contribution is -0.143. The zero-order valence-electron chi connectivity index (χ0n) is 13.8. The highest BCUT2D eigenvalue weighted by Gasteiger charge is 2.38. The molecule has 0 spiro atoms. The molecule has 0 atom stereocenters. The molecule has 0 radical (unpaired) electrons. The van der Waals surface area contributed by atoms with E-state index >= 15 is 0 Å². The number of nitrogens with zero attached hydrogens (tertiary/aromatic N) is 4. The number of hydrazine groups is 1. The maximum Gasteiger partial charge on any atom is 0.436 e. The summed E-state index contributed by atoms with van der Waals surface area (Å²) in [5, 5.41) is 7.76. The first kappa shape index (κ1) is 18.6. The van der Waals surface area contributed by atoms with Gasteiger partial charge in [0.2, 0.25) is 0 Å². The average molecular weight is 385 g/mol. The van der Waals surface area contributed by atoms with Gasteiger partial charge in [0.1, 0.15) is 0 Å². The van der Waals surface area contributed by atoms with E-state index in [4.69, 9.17) is 11.6 Å². The van der Waals surface area contributed by atoms with Gasteiger partial charge in [-0.3, -0.25) is 14.9 Å². The van der Waals surface area contributed by atoms with Crippen molar-refractivity contribution in [1.82, 2.24) is 20.1 Å². The van der Waals surface area contributed by atoms with Gasteiger partial charge in [0.15, 0.2) is 17.3 Å². The van der Waals surface area contributed by atoms with Gasteiger partial charge in [-0.2, -0.15) is 18.3 Å². The molecular formula is C15H15F4N7O. The molecule has 1 amide bonds. The number of amides is 1. The number of nitrogens with two attached hydrogens (primary N) is 2. The second-order valence-electron chi connectivity index (χ2n) is 5.77. The monoisotopic (exact) mass is 385 g/mol. The standard InChI is InChI=1S/C15H15F4N7O/c16-12-8(1-4-22-13(12)15(17,18)19)14(27)25-6-3-10(9(20)7-25)26(21)11-2-5-23-24-11/h1-2,4-5H,3,6-7,20-21H2,(H,23,24). The highest BCUT2D eigenvalue weighted by molar-refractivity contribution is 5.95. The number of H-pyrrole nitrogens is 1. The number of alkyl halides is 3. The van der Waals surface area contributed by atoms with Gasteiger partial charge in [-0.1, -0.05) is 0 Å². The van der Waals surface area contributed by atoms with Crippen LogP contribution in [0.3, 0.4) is 0 Å². The molecule has 0 aliphatic carbocycles. The lowest BCUT2D eigenvalue weighted by Gasteiger charge is -2.32. The lowest BCUT2D eigenvalue weighted by Crippen LogP contribution is -2.44. The summed E-state index contributed by atoms with van der Waals surface area (Å²) in [6.45, 7) is -0.0223. The second-order valence-corrected chi connectivity index (χ2v) is 5.77. The number of anilines is 1. The van der Waals surface area contributed by atoms with E-state index in [0.717, 1.165) is 17.2 Å². The molecule has 8 nitrogen and oxygen atoms in total. The van der Waals surface area contributed by atoms with Crippen molar-refractivity contribution in [2.24, 2.45) is 11.6 Å². The van der Waals surface area contributed by atoms with Gasteiger partial charge in [-0.05, 0) is 6.07 Å². The van der Waals surface area contributed by atoms with Crippen LogP contribution in [0, 0.1) is 5.82 Å². The predicted molar refractivity (Wildman–Crippen MR) is 86.2 cm³/mol. The molecule has 27 heavy (non-hydrogen) atoms. The van der Waals surface area contributed by atoms with Gasteiger partial charge in [0, 0.05) is 37.1 Å². The van der Waals surface area contributed by atoms with Crippen LogP contribution >= 0.6 is 0 Å². The molecule has 0 fully saturated rings. The predicted octanol–water partition coefficient (Wildman–Crippen LogP) is 1.36. The van der Waals surface area contributed by atoms with E-state index in [-0.39, 0.29) is 25.2 Å². The molecule has 3 heterocycles. The summed E-state index contributed by atoms with van der Waals surface area (Å²) < 4.78 is 52.5. The maximum atomic E-state index is 14.1. The average Bonchev–Trinajstić information content (AvgIpc) is 3.14. The van der Waals surface area contributed by atoms with Crippen molar-refractivity contribution in [3.8, 4) is 0 Å². The lowest BCUT2D eigenvalue weighted by atomic mass is 10.1. The molecule has 144 valence electrons. The number of hydrogen-bond donors (Lipinski definition) is 3. The second kappa shape index (κ2) is 6.87. The fourth-order valence-corrected chi connectivity index (χ4v) is 2.73. The minimum absolute atomic E-state index is 0.0934. The Balaban J connectivity index is 1.83. The van der Waals surface area contributed by atoms with Crippen molar-refractivity contribution < 1.29 is 22.4 Å². The number of halogens is 4. The normalized spacial score (nSPS) is 15.2. The molecule has 12 heteroatoms. The van der Waals surface area contributed by atoms with Gasteiger partial charge >= 0.3 is 6.18 Å². The van der Waals surface area contributed by atoms with Crippen LogP contribution < -0.4 is 16.6 Å². The zero-order chi connectivity index (χ0) is 19.8. The van der Waals surface area contributed by atoms with E-state index in [1.54, 1.807) is 12.3 Å². The summed E-state index contributed by atoms with van der Waals surface area (Å²) in [6, 6.07) is 2.52. The van der Waals surface area contributed by atoms with Crippen molar-refractivity contribution in [2.75, 3.05) is 18.1 Å². The third-order valence-electron chi connectivity index (χ3n) is 4.05. The van der Waals surface area contributed by atoms with Crippen LogP contribution in [-0.2, 0) is 6.18 Å². The third kappa shape index (κ3) is 3.56. The number of rotatable bonds is 3. The zero-order valence-corrected chi connectivity index (χ0v) is 13.8. The quantitative estimate of drug-likeness (QED) is 0.417. The van der Waals surface area contributed by atoms with Crippen molar-refractivity contribution in [1.29, 1.82) is 0 Å². The Kier molecular flexibility index (Phi) is 4.74. The fourth-order valence-electron chi connectivity index (χ4n) is 2.73. The molecule has 5 N–H and O–H groups in total. The minimum Gasteiger partial charge on any atom is -0.399 e. The molecule has 0 saturated carbocycles. The minimum atomic E-state index is -5.00. The summed E-state index contributed by atoms with van der Waals surface area (Å²) >= 11 is 0. The van der Waals surface area contributed by atoms with Crippen molar-refractivity contribution in [3.05, 3.63) is 53.0 Å². The van der Waals surface area contributed by atoms with Crippen LogP contribution in [0.5, 0.6) is 0 Å². The number of pyridine rings is 1. The molecule has 0 saturated heterocycles. The number of aromatic nitrogens is 3. The summed E-state index contributed by atoms with van der Waals surface area (Å²) in [6.07, 6.45) is -2.47. The van der Waals surface area contributed by atoms with Crippen LogP contribution in [-0.4, -0.2) is 39.1 Å². The highest BCUT2D eigenvalue weighted by atomic mass is 19.4. The molecule has 2 aromatic heterocycles. The van der Waals surface area contributed by atoms with Crippen LogP contribution in [0.15, 0.2) is 35.9 Å². The number of carbonyl (C=O) groups excluding carboxylic acids is 1. The van der Waals surface area contributed by atoms with E-state index in [9.17, 15) is 22.4 Å². The first-order valence-corrected chi connectivity index (χ1v) is 7.73. The molecular weight excluding hydrogens is 370 g/mol. The first-order chi connectivity index (χ1) is 12.7. The van der Waals surface area contributed by atoms with Crippen LogP contribution in [0.2, 0.25) is 0 Å². The van der Waals surface area contributed by atoms with Gasteiger partial charge < -0.3 is 10.6 Å². The van der Waals surface area contributed by atoms with Crippen molar-refractivity contribution >= 4 is 11.7 Å². The molecule has 0 aromatic carbocycles. The Labute approximate surface area is 150 Å². The summed E-state index contributed by atoms with van der Waals surface area (Å²) in [4.78, 5) is 16.6. The smallest absolute Gasteiger partial charge is 0.399 e. The van der Waals surface area contributed by atoms with Crippen molar-refractivity contribution in [2.45, 2.75) is 12.6 Å². The van der Waals surface area contributed by atoms with E-state index in [0.29, 0.717) is 11.5 Å². The van der Waals surface area contributed by atoms with Gasteiger partial charge in [-0.25, -0.2) is 15.2 Å². The molecule has 1 aliphatic heterocycles. The Morgan fingerprint density at radius 3 is 2.67 bits per heavy atom. The topological polar surface area (TPSA) is 117 Å². The summed E-state index contributed by atoms with van der Waals surface area (Å²) in [5.41, 5.74) is 4.26. The van der Waals surface area contributed by atoms with E-state index in [1.165, 1.54) is 5.01 Å². The van der Waals surface area contributed by atoms with Crippen molar-refractivity contribution in [3.63, 3.8) is 0 Å². The van der Waals surface area contributed by atoms with Gasteiger partial charge in [-0.15, -0.1) is 0 Å². The maximum absolute atomic E-state index is 14.1. The Morgan fingerprint density at radius 2 is 2.07 bits per heavy atom. The Bertz CT molecular complexity index is 879. The Morgan fingerprint density at radius 1 is 1.33 bits per heavy atom. The van der Waals surface area contributed by atoms with Crippen LogP contribution in [0.4, 0.5) is 23.4 Å².